The Kier molecular flexibility index (Phi) is 4.67. The first-order valence-corrected chi connectivity index (χ1v) is 9.37. The van der Waals surface area contributed by atoms with Gasteiger partial charge in [-0.25, -0.2) is 0 Å². The summed E-state index contributed by atoms with van der Waals surface area (Å²) < 4.78 is 6.47. The molecule has 2 aliphatic rings. The van der Waals surface area contributed by atoms with Crippen LogP contribution in [0.2, 0.25) is 0 Å². The van der Waals surface area contributed by atoms with Crippen molar-refractivity contribution in [1.29, 1.82) is 5.26 Å². The van der Waals surface area contributed by atoms with E-state index in [9.17, 15) is 10.4 Å². The van der Waals surface area contributed by atoms with Gasteiger partial charge in [0, 0.05) is 19.0 Å². The Balaban J connectivity index is 1.57. The summed E-state index contributed by atoms with van der Waals surface area (Å²) >= 11 is 0. The van der Waals surface area contributed by atoms with Crippen LogP contribution in [0.5, 0.6) is 5.75 Å². The van der Waals surface area contributed by atoms with Gasteiger partial charge in [-0.3, -0.25) is 0 Å². The molecule has 2 aromatic rings. The van der Waals surface area contributed by atoms with E-state index in [1.54, 1.807) is 0 Å². The molecule has 1 heterocycles. The predicted molar refractivity (Wildman–Crippen MR) is 99.9 cm³/mol. The fourth-order valence-electron chi connectivity index (χ4n) is 4.13. The average molecular weight is 348 g/mol. The molecule has 0 aromatic heterocycles. The quantitative estimate of drug-likeness (QED) is 0.890. The Labute approximate surface area is 154 Å². The van der Waals surface area contributed by atoms with Crippen LogP contribution in [0.15, 0.2) is 48.5 Å². The molecule has 0 amide bonds. The van der Waals surface area contributed by atoms with E-state index in [1.165, 1.54) is 0 Å². The van der Waals surface area contributed by atoms with E-state index in [-0.39, 0.29) is 6.10 Å². The summed E-state index contributed by atoms with van der Waals surface area (Å²) in [6, 6.07) is 18.6. The molecule has 1 fully saturated rings. The Morgan fingerprint density at radius 3 is 2.62 bits per heavy atom. The van der Waals surface area contributed by atoms with E-state index in [0.717, 1.165) is 49.0 Å². The van der Waals surface area contributed by atoms with Gasteiger partial charge in [-0.15, -0.1) is 0 Å². The standard InChI is InChI=1S/C22H24N2O2/c23-14-16-6-11-21-17(12-16)13-22(26-21,18-4-2-1-3-5-18)15-24-19-7-9-20(25)10-8-19/h1-6,11-12,19-20,24-25H,7-10,13,15H2/t19-,20-,22?. The molecule has 0 spiro atoms. The summed E-state index contributed by atoms with van der Waals surface area (Å²) in [6.45, 7) is 0.717. The molecule has 4 heteroatoms. The molecule has 26 heavy (non-hydrogen) atoms. The third kappa shape index (κ3) is 3.33. The van der Waals surface area contributed by atoms with E-state index in [1.807, 2.05) is 36.4 Å². The molecule has 4 rings (SSSR count). The predicted octanol–water partition coefficient (Wildman–Crippen LogP) is 3.28. The van der Waals surface area contributed by atoms with E-state index in [2.05, 4.69) is 23.5 Å². The van der Waals surface area contributed by atoms with Crippen molar-refractivity contribution in [3.05, 3.63) is 65.2 Å². The fraction of sp³-hybridized carbons (Fsp3) is 0.409. The van der Waals surface area contributed by atoms with E-state index in [4.69, 9.17) is 4.74 Å². The highest BCUT2D eigenvalue weighted by atomic mass is 16.5. The molecule has 1 aliphatic heterocycles. The summed E-state index contributed by atoms with van der Waals surface area (Å²) in [5, 5.41) is 22.6. The summed E-state index contributed by atoms with van der Waals surface area (Å²) in [6.07, 6.45) is 4.33. The lowest BCUT2D eigenvalue weighted by Gasteiger charge is -2.34. The number of fused-ring (bicyclic) bond motifs is 1. The minimum atomic E-state index is -0.451. The van der Waals surface area contributed by atoms with Crippen molar-refractivity contribution in [2.75, 3.05) is 6.54 Å². The summed E-state index contributed by atoms with van der Waals surface area (Å²) in [5.41, 5.74) is 2.46. The van der Waals surface area contributed by atoms with Crippen molar-refractivity contribution < 1.29 is 9.84 Å². The number of hydrogen-bond acceptors (Lipinski definition) is 4. The first-order chi connectivity index (χ1) is 12.7. The molecule has 4 nitrogen and oxygen atoms in total. The monoisotopic (exact) mass is 348 g/mol. The van der Waals surface area contributed by atoms with Crippen LogP contribution in [-0.4, -0.2) is 23.8 Å². The first kappa shape index (κ1) is 17.1. The van der Waals surface area contributed by atoms with Crippen LogP contribution in [0, 0.1) is 11.3 Å². The number of benzene rings is 2. The molecule has 2 N–H and O–H groups in total. The molecule has 1 atom stereocenters. The number of nitrogens with zero attached hydrogens (tertiary/aromatic N) is 1. The molecule has 2 aromatic carbocycles. The Hall–Kier alpha value is -2.35. The Morgan fingerprint density at radius 2 is 1.88 bits per heavy atom. The SMILES string of the molecule is N#Cc1ccc2c(c1)CC(CN[C@H]1CC[C@H](O)CC1)(c1ccccc1)O2. The second-order valence-electron chi connectivity index (χ2n) is 7.46. The maximum absolute atomic E-state index is 9.72. The molecule has 1 unspecified atom stereocenters. The number of ether oxygens (including phenoxy) is 1. The van der Waals surface area contributed by atoms with Gasteiger partial charge in [-0.2, -0.15) is 5.26 Å². The first-order valence-electron chi connectivity index (χ1n) is 9.37. The number of rotatable bonds is 4. The molecule has 0 bridgehead atoms. The molecule has 134 valence electrons. The van der Waals surface area contributed by atoms with Crippen LogP contribution in [0.4, 0.5) is 0 Å². The zero-order chi connectivity index (χ0) is 18.0. The topological polar surface area (TPSA) is 65.3 Å². The lowest BCUT2D eigenvalue weighted by Crippen LogP contribution is -2.46. The largest absolute Gasteiger partial charge is 0.481 e. The van der Waals surface area contributed by atoms with Crippen LogP contribution in [0.1, 0.15) is 42.4 Å². The average Bonchev–Trinajstić information content (AvgIpc) is 3.07. The van der Waals surface area contributed by atoms with Crippen molar-refractivity contribution in [3.8, 4) is 11.8 Å². The fourth-order valence-corrected chi connectivity index (χ4v) is 4.13. The van der Waals surface area contributed by atoms with Crippen LogP contribution < -0.4 is 10.1 Å². The smallest absolute Gasteiger partial charge is 0.150 e. The maximum atomic E-state index is 9.72. The van der Waals surface area contributed by atoms with Gasteiger partial charge < -0.3 is 15.2 Å². The molecule has 0 radical (unpaired) electrons. The van der Waals surface area contributed by atoms with Gasteiger partial charge in [-0.05, 0) is 55.0 Å². The molecule has 1 aliphatic carbocycles. The lowest BCUT2D eigenvalue weighted by atomic mass is 9.87. The van der Waals surface area contributed by atoms with Crippen LogP contribution >= 0.6 is 0 Å². The Morgan fingerprint density at radius 1 is 1.12 bits per heavy atom. The van der Waals surface area contributed by atoms with E-state index < -0.39 is 5.60 Å². The summed E-state index contributed by atoms with van der Waals surface area (Å²) in [5.74, 6) is 0.869. The number of hydrogen-bond donors (Lipinski definition) is 2. The van der Waals surface area contributed by atoms with E-state index >= 15 is 0 Å². The minimum absolute atomic E-state index is 0.146. The molecule has 1 saturated carbocycles. The number of aliphatic hydroxyl groups excluding tert-OH is 1. The zero-order valence-corrected chi connectivity index (χ0v) is 14.8. The van der Waals surface area contributed by atoms with Crippen molar-refractivity contribution in [2.45, 2.75) is 49.9 Å². The Bertz CT molecular complexity index is 807. The van der Waals surface area contributed by atoms with Gasteiger partial charge >= 0.3 is 0 Å². The highest BCUT2D eigenvalue weighted by molar-refractivity contribution is 5.47. The highest BCUT2D eigenvalue weighted by Crippen LogP contribution is 2.41. The van der Waals surface area contributed by atoms with Crippen molar-refractivity contribution in [1.82, 2.24) is 5.32 Å². The highest BCUT2D eigenvalue weighted by Gasteiger charge is 2.41. The molecule has 0 saturated heterocycles. The zero-order valence-electron chi connectivity index (χ0n) is 14.8. The lowest BCUT2D eigenvalue weighted by molar-refractivity contribution is 0.0762. The second-order valence-corrected chi connectivity index (χ2v) is 7.46. The van der Waals surface area contributed by atoms with Gasteiger partial charge in [0.1, 0.15) is 5.75 Å². The van der Waals surface area contributed by atoms with Gasteiger partial charge in [0.25, 0.3) is 0 Å². The maximum Gasteiger partial charge on any atom is 0.150 e. The van der Waals surface area contributed by atoms with Gasteiger partial charge in [0.15, 0.2) is 5.60 Å². The normalized spacial score (nSPS) is 27.4. The van der Waals surface area contributed by atoms with Gasteiger partial charge in [0.2, 0.25) is 0 Å². The van der Waals surface area contributed by atoms with Crippen molar-refractivity contribution >= 4 is 0 Å². The number of nitrogens with one attached hydrogen (secondary N) is 1. The summed E-state index contributed by atoms with van der Waals surface area (Å²) in [7, 11) is 0. The number of aliphatic hydroxyl groups is 1. The summed E-state index contributed by atoms with van der Waals surface area (Å²) in [4.78, 5) is 0. The third-order valence-corrected chi connectivity index (χ3v) is 5.64. The molecular formula is C22H24N2O2. The van der Waals surface area contributed by atoms with Crippen LogP contribution in [0.25, 0.3) is 0 Å². The van der Waals surface area contributed by atoms with E-state index in [0.29, 0.717) is 18.2 Å². The van der Waals surface area contributed by atoms with Crippen molar-refractivity contribution in [3.63, 3.8) is 0 Å². The van der Waals surface area contributed by atoms with Crippen LogP contribution in [-0.2, 0) is 12.0 Å². The third-order valence-electron chi connectivity index (χ3n) is 5.64. The van der Waals surface area contributed by atoms with Crippen molar-refractivity contribution in [2.24, 2.45) is 0 Å². The van der Waals surface area contributed by atoms with Crippen LogP contribution in [0.3, 0.4) is 0 Å². The minimum Gasteiger partial charge on any atom is -0.481 e. The molecular weight excluding hydrogens is 324 g/mol. The second kappa shape index (κ2) is 7.11. The van der Waals surface area contributed by atoms with Gasteiger partial charge in [-0.1, -0.05) is 30.3 Å². The van der Waals surface area contributed by atoms with Gasteiger partial charge in [0.05, 0.1) is 17.7 Å². The number of nitriles is 1.